The zero-order valence-corrected chi connectivity index (χ0v) is 15.5. The summed E-state index contributed by atoms with van der Waals surface area (Å²) in [6, 6.07) is 1.93. The van der Waals surface area contributed by atoms with E-state index in [2.05, 4.69) is 5.32 Å². The van der Waals surface area contributed by atoms with Crippen molar-refractivity contribution < 1.29 is 14.3 Å². The lowest BCUT2D eigenvalue weighted by atomic mass is 9.96. The van der Waals surface area contributed by atoms with Crippen molar-refractivity contribution in [3.05, 3.63) is 16.5 Å². The number of aryl methyl sites for hydroxylation is 1. The molecule has 0 saturated carbocycles. The molecule has 1 N–H and O–H groups in total. The van der Waals surface area contributed by atoms with E-state index in [1.165, 1.54) is 11.3 Å². The van der Waals surface area contributed by atoms with Crippen LogP contribution in [0.1, 0.15) is 49.9 Å². The van der Waals surface area contributed by atoms with Gasteiger partial charge in [0.15, 0.2) is 0 Å². The molecule has 1 fully saturated rings. The molecule has 6 heteroatoms. The van der Waals surface area contributed by atoms with Crippen LogP contribution in [0.15, 0.2) is 6.07 Å². The summed E-state index contributed by atoms with van der Waals surface area (Å²) in [6.07, 6.45) is 0.0514. The minimum absolute atomic E-state index is 0.0198. The van der Waals surface area contributed by atoms with Crippen LogP contribution in [0.25, 0.3) is 0 Å². The molecule has 0 bridgehead atoms. The number of anilines is 1. The lowest BCUT2D eigenvalue weighted by molar-refractivity contribution is -0.123. The zero-order valence-electron chi connectivity index (χ0n) is 14.7. The lowest BCUT2D eigenvalue weighted by Gasteiger charge is -2.36. The normalized spacial score (nSPS) is 22.1. The third-order valence-corrected chi connectivity index (χ3v) is 5.04. The van der Waals surface area contributed by atoms with Gasteiger partial charge in [-0.05, 0) is 32.4 Å². The van der Waals surface area contributed by atoms with Crippen molar-refractivity contribution >= 4 is 28.2 Å². The summed E-state index contributed by atoms with van der Waals surface area (Å²) in [5, 5.41) is 3.63. The average molecular weight is 338 g/mol. The monoisotopic (exact) mass is 338 g/mol. The Morgan fingerprint density at radius 3 is 2.61 bits per heavy atom. The second-order valence-corrected chi connectivity index (χ2v) is 8.33. The Morgan fingerprint density at radius 1 is 1.35 bits per heavy atom. The fraction of sp³-hybridized carbons (Fsp3) is 0.647. The van der Waals surface area contributed by atoms with Crippen molar-refractivity contribution in [3.8, 4) is 0 Å². The van der Waals surface area contributed by atoms with Crippen LogP contribution in [0.3, 0.4) is 0 Å². The molecule has 0 aliphatic carbocycles. The van der Waals surface area contributed by atoms with Crippen LogP contribution in [0.4, 0.5) is 5.00 Å². The first-order chi connectivity index (χ1) is 10.6. The van der Waals surface area contributed by atoms with E-state index in [0.717, 1.165) is 10.6 Å². The van der Waals surface area contributed by atoms with Gasteiger partial charge in [-0.2, -0.15) is 0 Å². The molecule has 5 nitrogen and oxygen atoms in total. The smallest absolute Gasteiger partial charge is 0.264 e. The van der Waals surface area contributed by atoms with E-state index >= 15 is 0 Å². The number of nitrogens with zero attached hydrogens (tertiary/aromatic N) is 1. The Balaban J connectivity index is 2.17. The highest BCUT2D eigenvalue weighted by atomic mass is 32.1. The molecule has 1 aliphatic rings. The molecule has 1 aromatic rings. The summed E-state index contributed by atoms with van der Waals surface area (Å²) in [5.74, 6) is -0.0301. The second-order valence-electron chi connectivity index (χ2n) is 7.28. The van der Waals surface area contributed by atoms with Gasteiger partial charge in [0.25, 0.3) is 5.91 Å². The van der Waals surface area contributed by atoms with Gasteiger partial charge >= 0.3 is 0 Å². The molecule has 0 radical (unpaired) electrons. The van der Waals surface area contributed by atoms with E-state index in [4.69, 9.17) is 4.74 Å². The number of rotatable bonds is 2. The van der Waals surface area contributed by atoms with Crippen LogP contribution >= 0.6 is 11.3 Å². The number of carbonyl (C=O) groups excluding carboxylic acids is 2. The van der Waals surface area contributed by atoms with Crippen LogP contribution in [-0.2, 0) is 9.53 Å². The maximum absolute atomic E-state index is 12.8. The number of hydrogen-bond donors (Lipinski definition) is 1. The third-order valence-electron chi connectivity index (χ3n) is 3.90. The largest absolute Gasteiger partial charge is 0.375 e. The van der Waals surface area contributed by atoms with Crippen LogP contribution in [0.5, 0.6) is 0 Å². The van der Waals surface area contributed by atoms with E-state index in [0.29, 0.717) is 18.0 Å². The maximum Gasteiger partial charge on any atom is 0.264 e. The number of nitrogens with one attached hydrogen (secondary N) is 1. The standard InChI is InChI=1S/C17H26N2O3S/c1-10-7-13(18-16(21)17(4,5)6)23-14(10)15(20)19-8-12(3)22-9-11(19)2/h7,11-12H,8-9H2,1-6H3,(H,18,21). The van der Waals surface area contributed by atoms with E-state index in [-0.39, 0.29) is 24.0 Å². The highest BCUT2D eigenvalue weighted by molar-refractivity contribution is 7.18. The molecule has 1 aromatic heterocycles. The van der Waals surface area contributed by atoms with E-state index in [1.54, 1.807) is 0 Å². The fourth-order valence-electron chi connectivity index (χ4n) is 2.37. The summed E-state index contributed by atoms with van der Waals surface area (Å²) in [7, 11) is 0. The molecule has 0 spiro atoms. The number of ether oxygens (including phenoxy) is 1. The fourth-order valence-corrected chi connectivity index (χ4v) is 3.40. The number of carbonyl (C=O) groups is 2. The highest BCUT2D eigenvalue weighted by Crippen LogP contribution is 2.30. The van der Waals surface area contributed by atoms with Gasteiger partial charge in [-0.25, -0.2) is 0 Å². The third kappa shape index (κ3) is 4.12. The van der Waals surface area contributed by atoms with Gasteiger partial charge < -0.3 is 15.0 Å². The zero-order chi connectivity index (χ0) is 17.4. The first kappa shape index (κ1) is 17.9. The van der Waals surface area contributed by atoms with Gasteiger partial charge in [0, 0.05) is 12.0 Å². The molecule has 2 rings (SSSR count). The number of hydrogen-bond acceptors (Lipinski definition) is 4. The van der Waals surface area contributed by atoms with Crippen LogP contribution in [0, 0.1) is 12.3 Å². The van der Waals surface area contributed by atoms with Gasteiger partial charge in [-0.3, -0.25) is 9.59 Å². The van der Waals surface area contributed by atoms with E-state index < -0.39 is 5.41 Å². The predicted octanol–water partition coefficient (Wildman–Crippen LogP) is 3.29. The van der Waals surface area contributed by atoms with Crippen LogP contribution in [0.2, 0.25) is 0 Å². The van der Waals surface area contributed by atoms with Crippen LogP contribution in [-0.4, -0.2) is 42.0 Å². The SMILES string of the molecule is Cc1cc(NC(=O)C(C)(C)C)sc1C(=O)N1CC(C)OCC1C. The Morgan fingerprint density at radius 2 is 2.00 bits per heavy atom. The maximum atomic E-state index is 12.8. The lowest BCUT2D eigenvalue weighted by Crippen LogP contribution is -2.50. The molecule has 2 atom stereocenters. The molecule has 0 aromatic carbocycles. The van der Waals surface area contributed by atoms with Crippen molar-refractivity contribution in [2.45, 2.75) is 53.7 Å². The molecular weight excluding hydrogens is 312 g/mol. The van der Waals surface area contributed by atoms with Crippen molar-refractivity contribution in [2.75, 3.05) is 18.5 Å². The molecular formula is C17H26N2O3S. The number of thiophene rings is 1. The van der Waals surface area contributed by atoms with E-state index in [1.807, 2.05) is 52.5 Å². The first-order valence-electron chi connectivity index (χ1n) is 7.94. The molecule has 23 heavy (non-hydrogen) atoms. The second kappa shape index (κ2) is 6.61. The number of morpholine rings is 1. The molecule has 2 amide bonds. The summed E-state index contributed by atoms with van der Waals surface area (Å²) >= 11 is 1.34. The van der Waals surface area contributed by atoms with Crippen molar-refractivity contribution in [1.29, 1.82) is 0 Å². The van der Waals surface area contributed by atoms with Crippen LogP contribution < -0.4 is 5.32 Å². The summed E-state index contributed by atoms with van der Waals surface area (Å²) in [6.45, 7) is 12.6. The molecule has 128 valence electrons. The van der Waals surface area contributed by atoms with Crippen molar-refractivity contribution in [3.63, 3.8) is 0 Å². The van der Waals surface area contributed by atoms with E-state index in [9.17, 15) is 9.59 Å². The van der Waals surface area contributed by atoms with Crippen molar-refractivity contribution in [2.24, 2.45) is 5.41 Å². The van der Waals surface area contributed by atoms with Crippen molar-refractivity contribution in [1.82, 2.24) is 4.90 Å². The minimum atomic E-state index is -0.462. The Hall–Kier alpha value is -1.40. The molecule has 1 aliphatic heterocycles. The topological polar surface area (TPSA) is 58.6 Å². The Kier molecular flexibility index (Phi) is 5.16. The van der Waals surface area contributed by atoms with Gasteiger partial charge in [0.1, 0.15) is 0 Å². The number of amides is 2. The molecule has 1 saturated heterocycles. The minimum Gasteiger partial charge on any atom is -0.375 e. The Labute approximate surface area is 142 Å². The molecule has 2 unspecified atom stereocenters. The Bertz CT molecular complexity index is 603. The van der Waals surface area contributed by atoms with Gasteiger partial charge in [-0.1, -0.05) is 20.8 Å². The molecule has 2 heterocycles. The van der Waals surface area contributed by atoms with Gasteiger partial charge in [0.2, 0.25) is 5.91 Å². The summed E-state index contributed by atoms with van der Waals surface area (Å²) in [4.78, 5) is 27.5. The first-order valence-corrected chi connectivity index (χ1v) is 8.75. The summed E-state index contributed by atoms with van der Waals surface area (Å²) < 4.78 is 5.58. The predicted molar refractivity (Wildman–Crippen MR) is 93.1 cm³/mol. The van der Waals surface area contributed by atoms with Gasteiger partial charge in [-0.15, -0.1) is 11.3 Å². The average Bonchev–Trinajstić information content (AvgIpc) is 2.80. The quantitative estimate of drug-likeness (QED) is 0.900. The van der Waals surface area contributed by atoms with Gasteiger partial charge in [0.05, 0.1) is 28.6 Å². The summed E-state index contributed by atoms with van der Waals surface area (Å²) in [5.41, 5.74) is 0.437. The highest BCUT2D eigenvalue weighted by Gasteiger charge is 2.30.